The minimum absolute atomic E-state index is 0.0280. The van der Waals surface area contributed by atoms with Gasteiger partial charge in [0.25, 0.3) is 0 Å². The van der Waals surface area contributed by atoms with Crippen LogP contribution in [0.3, 0.4) is 0 Å². The first-order valence-corrected chi connectivity index (χ1v) is 13.0. The van der Waals surface area contributed by atoms with Crippen molar-refractivity contribution in [1.82, 2.24) is 0 Å². The van der Waals surface area contributed by atoms with Crippen LogP contribution in [0.25, 0.3) is 10.4 Å². The summed E-state index contributed by atoms with van der Waals surface area (Å²) in [5.41, 5.74) is -0.945. The third kappa shape index (κ3) is 5.65. The molecule has 2 aromatic rings. The highest BCUT2D eigenvalue weighted by Gasteiger charge is 2.48. The molecule has 12 heteroatoms. The number of Topliss-reactive ketones (excluding diaryl/α,β-unsaturated/α-hetero) is 1. The maximum atomic E-state index is 13.2. The minimum Gasteiger partial charge on any atom is -0.504 e. The lowest BCUT2D eigenvalue weighted by atomic mass is 9.68. The van der Waals surface area contributed by atoms with Crippen molar-refractivity contribution in [3.05, 3.63) is 59.6 Å². The van der Waals surface area contributed by atoms with Gasteiger partial charge in [-0.15, -0.1) is 0 Å². The van der Waals surface area contributed by atoms with Crippen molar-refractivity contribution >= 4 is 34.9 Å². The highest BCUT2D eigenvalue weighted by atomic mass is 32.1. The zero-order valence-electron chi connectivity index (χ0n) is 21.6. The van der Waals surface area contributed by atoms with E-state index in [-0.39, 0.29) is 29.4 Å². The van der Waals surface area contributed by atoms with E-state index in [2.05, 4.69) is 10.1 Å². The zero-order chi connectivity index (χ0) is 28.3. The smallest absolute Gasteiger partial charge is 0.504 e. The Morgan fingerprint density at radius 2 is 1.77 bits per heavy atom. The molecule has 0 bridgehead atoms. The molecular weight excluding hydrogens is 530 g/mol. The number of hydrogen-bond acceptors (Lipinski definition) is 12. The Labute approximate surface area is 228 Å². The van der Waals surface area contributed by atoms with Crippen LogP contribution in [0.5, 0.6) is 5.06 Å². The lowest BCUT2D eigenvalue weighted by molar-refractivity contribution is -0.192. The SMILES string of the molecule is COC(=O)Oc1sc(-c2ccccc2)cc1NC1=C(O)C(OC(=O)C2(C(C)=O)CCC(C)CC2)OC(O)=C1O. The van der Waals surface area contributed by atoms with Gasteiger partial charge in [0, 0.05) is 4.88 Å². The maximum absolute atomic E-state index is 13.2. The number of rotatable bonds is 7. The van der Waals surface area contributed by atoms with Crippen LogP contribution in [0.1, 0.15) is 39.5 Å². The Kier molecular flexibility index (Phi) is 8.05. The van der Waals surface area contributed by atoms with Crippen LogP contribution in [0.4, 0.5) is 10.5 Å². The van der Waals surface area contributed by atoms with Crippen molar-refractivity contribution in [2.45, 2.75) is 45.8 Å². The van der Waals surface area contributed by atoms with E-state index in [9.17, 15) is 29.7 Å². The number of ketones is 1. The van der Waals surface area contributed by atoms with Gasteiger partial charge in [-0.3, -0.25) is 9.59 Å². The standard InChI is InChI=1S/C27H29NO10S/c1-14-9-11-27(12-10-14,15(2)29)25(33)37-23-21(31)19(20(30)22(32)36-23)28-17-13-18(16-7-5-4-6-8-16)39-24(17)38-26(34)35-3/h4-8,13-14,23,28,30-32H,9-12H2,1-3H3. The predicted molar refractivity (Wildman–Crippen MR) is 140 cm³/mol. The average molecular weight is 560 g/mol. The second-order valence-electron chi connectivity index (χ2n) is 9.45. The fourth-order valence-corrected chi connectivity index (χ4v) is 5.42. The second-order valence-corrected chi connectivity index (χ2v) is 10.5. The average Bonchev–Trinajstić information content (AvgIpc) is 3.32. The van der Waals surface area contributed by atoms with E-state index in [0.717, 1.165) is 24.0 Å². The first-order valence-electron chi connectivity index (χ1n) is 12.2. The normalized spacial score (nSPS) is 23.1. The third-order valence-corrected chi connectivity index (χ3v) is 7.96. The molecule has 11 nitrogen and oxygen atoms in total. The molecule has 1 aromatic heterocycles. The summed E-state index contributed by atoms with van der Waals surface area (Å²) >= 11 is 1.08. The number of benzene rings is 1. The van der Waals surface area contributed by atoms with E-state index in [4.69, 9.17) is 14.2 Å². The van der Waals surface area contributed by atoms with E-state index in [1.165, 1.54) is 6.92 Å². The summed E-state index contributed by atoms with van der Waals surface area (Å²) in [6, 6.07) is 10.7. The number of aliphatic hydroxyl groups is 3. The number of aliphatic hydroxyl groups excluding tert-OH is 3. The molecule has 0 amide bonds. The number of esters is 1. The van der Waals surface area contributed by atoms with Crippen molar-refractivity contribution in [2.24, 2.45) is 11.3 Å². The number of ether oxygens (including phenoxy) is 4. The zero-order valence-corrected chi connectivity index (χ0v) is 22.4. The van der Waals surface area contributed by atoms with Crippen LogP contribution in [0, 0.1) is 11.3 Å². The first-order chi connectivity index (χ1) is 18.6. The van der Waals surface area contributed by atoms with Crippen LogP contribution in [-0.2, 0) is 23.8 Å². The highest BCUT2D eigenvalue weighted by molar-refractivity contribution is 7.18. The molecular formula is C27H29NO10S. The Morgan fingerprint density at radius 3 is 2.38 bits per heavy atom. The van der Waals surface area contributed by atoms with Gasteiger partial charge in [0.15, 0.2) is 0 Å². The number of nitrogens with one attached hydrogen (secondary N) is 1. The largest absolute Gasteiger partial charge is 0.514 e. The van der Waals surface area contributed by atoms with Crippen LogP contribution < -0.4 is 10.1 Å². The Morgan fingerprint density at radius 1 is 1.10 bits per heavy atom. The van der Waals surface area contributed by atoms with E-state index in [1.807, 2.05) is 37.3 Å². The van der Waals surface area contributed by atoms with Gasteiger partial charge in [0.1, 0.15) is 16.9 Å². The maximum Gasteiger partial charge on any atom is 0.514 e. The van der Waals surface area contributed by atoms with E-state index >= 15 is 0 Å². The van der Waals surface area contributed by atoms with Gasteiger partial charge in [-0.05, 0) is 50.2 Å². The van der Waals surface area contributed by atoms with Crippen molar-refractivity contribution in [2.75, 3.05) is 12.4 Å². The fraction of sp³-hybridized carbons (Fsp3) is 0.370. The summed E-state index contributed by atoms with van der Waals surface area (Å²) in [5.74, 6) is -3.62. The minimum atomic E-state index is -1.86. The number of hydrogen-bond donors (Lipinski definition) is 4. The van der Waals surface area contributed by atoms with Gasteiger partial charge in [-0.2, -0.15) is 0 Å². The van der Waals surface area contributed by atoms with Crippen LogP contribution >= 0.6 is 11.3 Å². The molecule has 4 N–H and O–H groups in total. The third-order valence-electron chi connectivity index (χ3n) is 6.90. The molecule has 0 saturated heterocycles. The van der Waals surface area contributed by atoms with Gasteiger partial charge in [-0.1, -0.05) is 48.6 Å². The Bertz CT molecular complexity index is 1320. The highest BCUT2D eigenvalue weighted by Crippen LogP contribution is 2.44. The predicted octanol–water partition coefficient (Wildman–Crippen LogP) is 5.71. The molecule has 208 valence electrons. The quantitative estimate of drug-likeness (QED) is 0.243. The van der Waals surface area contributed by atoms with Gasteiger partial charge in [0.05, 0.1) is 12.8 Å². The summed E-state index contributed by atoms with van der Waals surface area (Å²) < 4.78 is 20.2. The molecule has 1 atom stereocenters. The number of thiophene rings is 1. The van der Waals surface area contributed by atoms with Gasteiger partial charge >= 0.3 is 24.4 Å². The lowest BCUT2D eigenvalue weighted by Gasteiger charge is -2.36. The molecule has 1 saturated carbocycles. The molecule has 1 fully saturated rings. The summed E-state index contributed by atoms with van der Waals surface area (Å²) in [5, 5.41) is 34.4. The lowest BCUT2D eigenvalue weighted by Crippen LogP contribution is -2.44. The molecule has 39 heavy (non-hydrogen) atoms. The van der Waals surface area contributed by atoms with Gasteiger partial charge < -0.3 is 39.6 Å². The van der Waals surface area contributed by atoms with Crippen molar-refractivity contribution < 1.29 is 48.7 Å². The van der Waals surface area contributed by atoms with E-state index < -0.39 is 47.0 Å². The van der Waals surface area contributed by atoms with Crippen molar-refractivity contribution in [1.29, 1.82) is 0 Å². The number of carbonyl (C=O) groups is 3. The summed E-state index contributed by atoms with van der Waals surface area (Å²) in [6.07, 6.45) is -1.01. The topological polar surface area (TPSA) is 161 Å². The van der Waals surface area contributed by atoms with Crippen molar-refractivity contribution in [3.63, 3.8) is 0 Å². The molecule has 0 radical (unpaired) electrons. The van der Waals surface area contributed by atoms with Gasteiger partial charge in [0.2, 0.25) is 16.6 Å². The van der Waals surface area contributed by atoms with Crippen LogP contribution in [0.2, 0.25) is 0 Å². The fourth-order valence-electron chi connectivity index (χ4n) is 4.46. The molecule has 0 spiro atoms. The number of anilines is 1. The summed E-state index contributed by atoms with van der Waals surface area (Å²) in [7, 11) is 1.14. The number of carbonyl (C=O) groups excluding carboxylic acids is 3. The van der Waals surface area contributed by atoms with Crippen LogP contribution in [0.15, 0.2) is 59.6 Å². The van der Waals surface area contributed by atoms with Crippen molar-refractivity contribution in [3.8, 4) is 15.5 Å². The Hall–Kier alpha value is -4.19. The first kappa shape index (κ1) is 27.8. The molecule has 2 aliphatic rings. The van der Waals surface area contributed by atoms with Gasteiger partial charge in [-0.25, -0.2) is 4.79 Å². The second kappa shape index (κ2) is 11.3. The molecule has 4 rings (SSSR count). The number of methoxy groups -OCH3 is 1. The molecule has 1 aliphatic carbocycles. The molecule has 1 aromatic carbocycles. The molecule has 2 heterocycles. The van der Waals surface area contributed by atoms with Crippen LogP contribution in [-0.4, -0.2) is 46.6 Å². The van der Waals surface area contributed by atoms with E-state index in [1.54, 1.807) is 6.07 Å². The van der Waals surface area contributed by atoms with E-state index in [0.29, 0.717) is 23.6 Å². The molecule has 1 unspecified atom stereocenters. The monoisotopic (exact) mass is 559 g/mol. The summed E-state index contributed by atoms with van der Waals surface area (Å²) in [4.78, 5) is 38.2. The Balaban J connectivity index is 1.65. The summed E-state index contributed by atoms with van der Waals surface area (Å²) in [6.45, 7) is 3.35. The molecule has 1 aliphatic heterocycles.